The van der Waals surface area contributed by atoms with Crippen LogP contribution >= 0.6 is 11.8 Å². The van der Waals surface area contributed by atoms with Crippen LogP contribution in [0.15, 0.2) is 101 Å². The van der Waals surface area contributed by atoms with Gasteiger partial charge in [0.2, 0.25) is 5.95 Å². The minimum Gasteiger partial charge on any atom is -0.342 e. The fourth-order valence-electron chi connectivity index (χ4n) is 4.13. The summed E-state index contributed by atoms with van der Waals surface area (Å²) in [6.07, 6.45) is 0. The molecule has 5 rings (SSSR count). The lowest BCUT2D eigenvalue weighted by Crippen LogP contribution is -2.32. The number of rotatable bonds is 8. The molecule has 0 aliphatic heterocycles. The van der Waals surface area contributed by atoms with Crippen molar-refractivity contribution in [2.75, 3.05) is 18.0 Å². The van der Waals surface area contributed by atoms with Crippen LogP contribution in [-0.4, -0.2) is 32.4 Å². The molecule has 7 heteroatoms. The van der Waals surface area contributed by atoms with Gasteiger partial charge in [-0.1, -0.05) is 78.5 Å². The fraction of sp³-hybridized carbons (Fsp3) is 0.179. The number of hydrogen-bond donors (Lipinski definition) is 0. The molecule has 0 fully saturated rings. The van der Waals surface area contributed by atoms with Crippen LogP contribution in [0.2, 0.25) is 0 Å². The van der Waals surface area contributed by atoms with Crippen molar-refractivity contribution in [3.63, 3.8) is 0 Å². The number of nitrogens with zero attached hydrogens (tertiary/aromatic N) is 5. The first-order valence-corrected chi connectivity index (χ1v) is 12.8. The van der Waals surface area contributed by atoms with Gasteiger partial charge in [-0.25, -0.2) is 9.25 Å². The molecule has 0 spiro atoms. The van der Waals surface area contributed by atoms with E-state index in [-0.39, 0.29) is 5.56 Å². The van der Waals surface area contributed by atoms with Gasteiger partial charge >= 0.3 is 0 Å². The van der Waals surface area contributed by atoms with Gasteiger partial charge < -0.3 is 4.90 Å². The SMILES string of the molecule is CCN(CC)c1nc2c(c(SCc3ccccc3)nn2-c2ccccc2)c(=O)n1-c1ccccc1. The number of fused-ring (bicyclic) bond motifs is 1. The van der Waals surface area contributed by atoms with Crippen molar-refractivity contribution < 1.29 is 0 Å². The van der Waals surface area contributed by atoms with Crippen LogP contribution in [0.5, 0.6) is 0 Å². The molecule has 0 aliphatic carbocycles. The number of benzene rings is 3. The third-order valence-corrected chi connectivity index (χ3v) is 6.97. The van der Waals surface area contributed by atoms with E-state index in [4.69, 9.17) is 10.1 Å². The zero-order chi connectivity index (χ0) is 24.2. The summed E-state index contributed by atoms with van der Waals surface area (Å²) in [7, 11) is 0. The van der Waals surface area contributed by atoms with E-state index in [1.165, 1.54) is 5.56 Å². The normalized spacial score (nSPS) is 11.1. The summed E-state index contributed by atoms with van der Waals surface area (Å²) in [5.41, 5.74) is 3.31. The van der Waals surface area contributed by atoms with Gasteiger partial charge in [0.1, 0.15) is 10.4 Å². The lowest BCUT2D eigenvalue weighted by Gasteiger charge is -2.23. The molecule has 0 saturated carbocycles. The van der Waals surface area contributed by atoms with Crippen molar-refractivity contribution in [1.29, 1.82) is 0 Å². The first-order valence-electron chi connectivity index (χ1n) is 11.8. The van der Waals surface area contributed by atoms with Gasteiger partial charge in [-0.3, -0.25) is 4.79 Å². The van der Waals surface area contributed by atoms with E-state index in [1.807, 2.05) is 78.9 Å². The van der Waals surface area contributed by atoms with E-state index in [2.05, 4.69) is 30.9 Å². The molecule has 0 N–H and O–H groups in total. The zero-order valence-electron chi connectivity index (χ0n) is 19.8. The molecule has 0 aliphatic rings. The first-order chi connectivity index (χ1) is 17.2. The zero-order valence-corrected chi connectivity index (χ0v) is 20.7. The second-order valence-electron chi connectivity index (χ2n) is 8.09. The molecule has 2 aromatic heterocycles. The molecule has 35 heavy (non-hydrogen) atoms. The molecule has 0 atom stereocenters. The molecule has 0 unspecified atom stereocenters. The highest BCUT2D eigenvalue weighted by Gasteiger charge is 2.24. The lowest BCUT2D eigenvalue weighted by molar-refractivity contribution is 0.781. The maximum Gasteiger partial charge on any atom is 0.271 e. The number of para-hydroxylation sites is 2. The maximum absolute atomic E-state index is 14.2. The Balaban J connectivity index is 1.78. The number of thioether (sulfide) groups is 1. The smallest absolute Gasteiger partial charge is 0.271 e. The van der Waals surface area contributed by atoms with Gasteiger partial charge in [-0.05, 0) is 43.7 Å². The van der Waals surface area contributed by atoms with Crippen molar-refractivity contribution in [1.82, 2.24) is 19.3 Å². The molecule has 0 saturated heterocycles. The van der Waals surface area contributed by atoms with Crippen LogP contribution < -0.4 is 10.5 Å². The van der Waals surface area contributed by atoms with E-state index in [0.29, 0.717) is 27.8 Å². The average molecular weight is 482 g/mol. The summed E-state index contributed by atoms with van der Waals surface area (Å²) in [6, 6.07) is 29.8. The first kappa shape index (κ1) is 22.9. The molecule has 5 aromatic rings. The van der Waals surface area contributed by atoms with Crippen molar-refractivity contribution >= 4 is 28.7 Å². The molecule has 2 heterocycles. The Morgan fingerprint density at radius 3 is 1.97 bits per heavy atom. The third-order valence-electron chi connectivity index (χ3n) is 5.93. The molecular weight excluding hydrogens is 454 g/mol. The van der Waals surface area contributed by atoms with Crippen LogP contribution in [0, 0.1) is 0 Å². The van der Waals surface area contributed by atoms with Gasteiger partial charge in [-0.15, -0.1) is 0 Å². The minimum atomic E-state index is -0.110. The monoisotopic (exact) mass is 481 g/mol. The maximum atomic E-state index is 14.2. The summed E-state index contributed by atoms with van der Waals surface area (Å²) < 4.78 is 3.52. The molecule has 3 aromatic carbocycles. The highest BCUT2D eigenvalue weighted by Crippen LogP contribution is 2.30. The molecule has 176 valence electrons. The summed E-state index contributed by atoms with van der Waals surface area (Å²) in [4.78, 5) is 21.4. The quantitative estimate of drug-likeness (QED) is 0.266. The summed E-state index contributed by atoms with van der Waals surface area (Å²) in [5.74, 6) is 1.33. The third kappa shape index (κ3) is 4.47. The Bertz CT molecular complexity index is 1480. The van der Waals surface area contributed by atoms with Gasteiger partial charge in [0.15, 0.2) is 5.65 Å². The largest absolute Gasteiger partial charge is 0.342 e. The molecular formula is C28H27N5OS. The van der Waals surface area contributed by atoms with Crippen LogP contribution in [0.3, 0.4) is 0 Å². The minimum absolute atomic E-state index is 0.110. The van der Waals surface area contributed by atoms with Crippen LogP contribution in [0.25, 0.3) is 22.4 Å². The van der Waals surface area contributed by atoms with E-state index in [0.717, 1.165) is 24.5 Å². The molecule has 0 bridgehead atoms. The Labute approximate surface area is 208 Å². The predicted molar refractivity (Wildman–Crippen MR) is 144 cm³/mol. The average Bonchev–Trinajstić information content (AvgIpc) is 3.29. The molecule has 0 amide bonds. The molecule has 6 nitrogen and oxygen atoms in total. The topological polar surface area (TPSA) is 56.0 Å². The highest BCUT2D eigenvalue weighted by molar-refractivity contribution is 7.98. The van der Waals surface area contributed by atoms with Crippen LogP contribution in [-0.2, 0) is 5.75 Å². The Morgan fingerprint density at radius 1 is 0.800 bits per heavy atom. The van der Waals surface area contributed by atoms with Gasteiger partial charge in [0, 0.05) is 18.8 Å². The van der Waals surface area contributed by atoms with E-state index in [9.17, 15) is 4.79 Å². The Morgan fingerprint density at radius 2 is 1.37 bits per heavy atom. The highest BCUT2D eigenvalue weighted by atomic mass is 32.2. The van der Waals surface area contributed by atoms with Crippen molar-refractivity contribution in [3.8, 4) is 11.4 Å². The van der Waals surface area contributed by atoms with Crippen molar-refractivity contribution in [2.24, 2.45) is 0 Å². The summed E-state index contributed by atoms with van der Waals surface area (Å²) in [6.45, 7) is 5.61. The van der Waals surface area contributed by atoms with E-state index >= 15 is 0 Å². The number of hydrogen-bond acceptors (Lipinski definition) is 5. The van der Waals surface area contributed by atoms with Gasteiger partial charge in [-0.2, -0.15) is 10.1 Å². The standard InChI is InChI=1S/C28H27N5OS/c1-3-31(4-2)28-29-25-24(27(34)32(28)22-16-10-6-11-17-22)26(35-20-21-14-8-5-9-15-21)30-33(25)23-18-12-7-13-19-23/h5-19H,3-4,20H2,1-2H3. The van der Waals surface area contributed by atoms with Crippen molar-refractivity contribution in [3.05, 3.63) is 107 Å². The molecule has 0 radical (unpaired) electrons. The van der Waals surface area contributed by atoms with E-state index < -0.39 is 0 Å². The lowest BCUT2D eigenvalue weighted by atomic mass is 10.2. The summed E-state index contributed by atoms with van der Waals surface area (Å²) in [5, 5.41) is 6.13. The second kappa shape index (κ2) is 10.2. The van der Waals surface area contributed by atoms with Gasteiger partial charge in [0.25, 0.3) is 5.56 Å². The predicted octanol–water partition coefficient (Wildman–Crippen LogP) is 5.71. The number of anilines is 1. The fourth-order valence-corrected chi connectivity index (χ4v) is 5.09. The Kier molecular flexibility index (Phi) is 6.68. The summed E-state index contributed by atoms with van der Waals surface area (Å²) >= 11 is 1.56. The Hall–Kier alpha value is -3.84. The second-order valence-corrected chi connectivity index (χ2v) is 9.05. The van der Waals surface area contributed by atoms with Gasteiger partial charge in [0.05, 0.1) is 11.4 Å². The van der Waals surface area contributed by atoms with Crippen LogP contribution in [0.4, 0.5) is 5.95 Å². The van der Waals surface area contributed by atoms with Crippen LogP contribution in [0.1, 0.15) is 19.4 Å². The van der Waals surface area contributed by atoms with E-state index in [1.54, 1.807) is 21.0 Å². The van der Waals surface area contributed by atoms with Crippen molar-refractivity contribution in [2.45, 2.75) is 24.6 Å². The number of aromatic nitrogens is 4.